The highest BCUT2D eigenvalue weighted by molar-refractivity contribution is 5.90. The van der Waals surface area contributed by atoms with E-state index in [-0.39, 0.29) is 12.1 Å². The van der Waals surface area contributed by atoms with Crippen molar-refractivity contribution < 1.29 is 40.8 Å². The molecule has 0 saturated heterocycles. The number of esters is 1. The van der Waals surface area contributed by atoms with Crippen molar-refractivity contribution in [1.29, 1.82) is 0 Å². The minimum Gasteiger partial charge on any atom is -0.465 e. The lowest BCUT2D eigenvalue weighted by molar-refractivity contribution is -0.391. The molecule has 21 heavy (non-hydrogen) atoms. The third-order valence-electron chi connectivity index (χ3n) is 2.32. The quantitative estimate of drug-likeness (QED) is 0.363. The van der Waals surface area contributed by atoms with Gasteiger partial charge in [0, 0.05) is 0 Å². The van der Waals surface area contributed by atoms with Crippen LogP contribution in [0.2, 0.25) is 0 Å². The summed E-state index contributed by atoms with van der Waals surface area (Å²) in [5, 5.41) is 10.6. The predicted octanol–water partition coefficient (Wildman–Crippen LogP) is 3.42. The maximum absolute atomic E-state index is 12.7. The third-order valence-corrected chi connectivity index (χ3v) is 2.32. The summed E-state index contributed by atoms with van der Waals surface area (Å²) in [7, 11) is 0.740. The van der Waals surface area contributed by atoms with E-state index in [0.717, 1.165) is 7.11 Å². The molecular formula is C10H5F6NO4. The predicted molar refractivity (Wildman–Crippen MR) is 54.4 cm³/mol. The Labute approximate surface area is 112 Å². The number of carbonyl (C=O) groups excluding carboxylic acids is 1. The first-order valence-corrected chi connectivity index (χ1v) is 4.94. The molecule has 0 aliphatic heterocycles. The van der Waals surface area contributed by atoms with Gasteiger partial charge in [-0.15, -0.1) is 0 Å². The van der Waals surface area contributed by atoms with Crippen LogP contribution >= 0.6 is 0 Å². The van der Waals surface area contributed by atoms with Gasteiger partial charge < -0.3 is 4.74 Å². The van der Waals surface area contributed by atoms with Crippen molar-refractivity contribution in [1.82, 2.24) is 0 Å². The van der Waals surface area contributed by atoms with Crippen molar-refractivity contribution >= 4 is 11.7 Å². The number of nitro benzene ring substituents is 1. The van der Waals surface area contributed by atoms with Crippen LogP contribution in [0.15, 0.2) is 12.1 Å². The van der Waals surface area contributed by atoms with Crippen LogP contribution in [0.1, 0.15) is 21.5 Å². The zero-order valence-corrected chi connectivity index (χ0v) is 10.0. The molecule has 0 amide bonds. The summed E-state index contributed by atoms with van der Waals surface area (Å²) in [6.45, 7) is 0. The molecule has 0 radical (unpaired) electrons. The average molecular weight is 317 g/mol. The molecule has 1 aromatic carbocycles. The molecule has 0 bridgehead atoms. The molecule has 1 aromatic rings. The van der Waals surface area contributed by atoms with Crippen molar-refractivity contribution in [2.24, 2.45) is 0 Å². The lowest BCUT2D eigenvalue weighted by Crippen LogP contribution is -2.18. The molecular weight excluding hydrogens is 312 g/mol. The molecule has 0 saturated carbocycles. The molecule has 1 rings (SSSR count). The number of nitrogens with zero attached hydrogens (tertiary/aromatic N) is 1. The molecule has 0 unspecified atom stereocenters. The molecule has 0 spiro atoms. The monoisotopic (exact) mass is 317 g/mol. The highest BCUT2D eigenvalue weighted by atomic mass is 19.4. The second-order valence-electron chi connectivity index (χ2n) is 3.66. The first-order chi connectivity index (χ1) is 9.39. The summed E-state index contributed by atoms with van der Waals surface area (Å²) in [6, 6.07) is -0.113. The van der Waals surface area contributed by atoms with Crippen molar-refractivity contribution in [3.8, 4) is 0 Å². The van der Waals surface area contributed by atoms with Crippen molar-refractivity contribution in [3.05, 3.63) is 38.9 Å². The van der Waals surface area contributed by atoms with Gasteiger partial charge in [0.15, 0.2) is 0 Å². The van der Waals surface area contributed by atoms with Gasteiger partial charge in [0.1, 0.15) is 11.1 Å². The number of halogens is 6. The van der Waals surface area contributed by atoms with E-state index >= 15 is 0 Å². The number of nitro groups is 1. The number of methoxy groups -OCH3 is 1. The van der Waals surface area contributed by atoms with Crippen molar-refractivity contribution in [2.45, 2.75) is 12.4 Å². The largest absolute Gasteiger partial charge is 0.465 e. The number of carbonyl (C=O) groups is 1. The Morgan fingerprint density at radius 3 is 1.71 bits per heavy atom. The zero-order valence-electron chi connectivity index (χ0n) is 10.0. The summed E-state index contributed by atoms with van der Waals surface area (Å²) in [5.74, 6) is -1.49. The number of alkyl halides is 6. The number of hydrogen-bond donors (Lipinski definition) is 0. The number of benzene rings is 1. The summed E-state index contributed by atoms with van der Waals surface area (Å²) in [5.41, 5.74) is -7.61. The van der Waals surface area contributed by atoms with Gasteiger partial charge in [-0.05, 0) is 12.1 Å². The van der Waals surface area contributed by atoms with Gasteiger partial charge in [-0.25, -0.2) is 4.79 Å². The fourth-order valence-corrected chi connectivity index (χ4v) is 1.50. The van der Waals surface area contributed by atoms with E-state index in [1.54, 1.807) is 0 Å². The summed E-state index contributed by atoms with van der Waals surface area (Å²) in [4.78, 5) is 19.9. The highest BCUT2D eigenvalue weighted by Gasteiger charge is 2.47. The topological polar surface area (TPSA) is 69.4 Å². The molecule has 116 valence electrons. The molecule has 0 aromatic heterocycles. The van der Waals surface area contributed by atoms with Crippen LogP contribution < -0.4 is 0 Å². The molecule has 0 aliphatic carbocycles. The second-order valence-corrected chi connectivity index (χ2v) is 3.66. The van der Waals surface area contributed by atoms with E-state index in [4.69, 9.17) is 0 Å². The molecule has 0 N–H and O–H groups in total. The lowest BCUT2D eigenvalue weighted by Gasteiger charge is -2.14. The van der Waals surface area contributed by atoms with Gasteiger partial charge in [-0.3, -0.25) is 10.1 Å². The minimum absolute atomic E-state index is 0.0563. The molecule has 11 heteroatoms. The van der Waals surface area contributed by atoms with Crippen LogP contribution in [-0.2, 0) is 17.1 Å². The van der Waals surface area contributed by atoms with Crippen LogP contribution in [-0.4, -0.2) is 18.0 Å². The fourth-order valence-electron chi connectivity index (χ4n) is 1.50. The SMILES string of the molecule is COC(=O)c1cc(C(F)(F)F)c([N+](=O)[O-])c(C(F)(F)F)c1. The molecule has 0 heterocycles. The first kappa shape index (κ1) is 16.7. The standard InChI is InChI=1S/C10H5F6NO4/c1-21-8(18)4-2-5(9(11,12)13)7(17(19)20)6(3-4)10(14,15)16/h2-3H,1H3. The van der Waals surface area contributed by atoms with Gasteiger partial charge in [0.2, 0.25) is 0 Å². The van der Waals surface area contributed by atoms with E-state index in [0.29, 0.717) is 0 Å². The van der Waals surface area contributed by atoms with Gasteiger partial charge in [-0.2, -0.15) is 26.3 Å². The summed E-state index contributed by atoms with van der Waals surface area (Å²) in [6.07, 6.45) is -10.9. The van der Waals surface area contributed by atoms with Crippen LogP contribution in [0.4, 0.5) is 32.0 Å². The second kappa shape index (κ2) is 5.22. The smallest absolute Gasteiger partial charge is 0.423 e. The summed E-state index contributed by atoms with van der Waals surface area (Å²) < 4.78 is 80.2. The van der Waals surface area contributed by atoms with Gasteiger partial charge in [0.05, 0.1) is 17.6 Å². The van der Waals surface area contributed by atoms with Gasteiger partial charge in [0.25, 0.3) is 5.69 Å². The van der Waals surface area contributed by atoms with Crippen LogP contribution in [0.3, 0.4) is 0 Å². The molecule has 0 fully saturated rings. The average Bonchev–Trinajstić information content (AvgIpc) is 2.33. The third kappa shape index (κ3) is 3.41. The zero-order chi connectivity index (χ0) is 16.6. The molecule has 0 atom stereocenters. The fraction of sp³-hybridized carbons (Fsp3) is 0.300. The maximum atomic E-state index is 12.7. The normalized spacial score (nSPS) is 12.1. The Morgan fingerprint density at radius 1 is 1.10 bits per heavy atom. The van der Waals surface area contributed by atoms with Gasteiger partial charge >= 0.3 is 18.3 Å². The minimum atomic E-state index is -5.45. The maximum Gasteiger partial charge on any atom is 0.423 e. The molecule has 0 aliphatic rings. The van der Waals surface area contributed by atoms with Crippen molar-refractivity contribution in [2.75, 3.05) is 7.11 Å². The Hall–Kier alpha value is -2.33. The Kier molecular flexibility index (Phi) is 4.16. The van der Waals surface area contributed by atoms with E-state index < -0.39 is 45.6 Å². The van der Waals surface area contributed by atoms with E-state index in [1.807, 2.05) is 0 Å². The number of ether oxygens (including phenoxy) is 1. The molecule has 5 nitrogen and oxygen atoms in total. The van der Waals surface area contributed by atoms with E-state index in [1.165, 1.54) is 0 Å². The van der Waals surface area contributed by atoms with Crippen LogP contribution in [0.25, 0.3) is 0 Å². The Bertz CT molecular complexity index is 557. The lowest BCUT2D eigenvalue weighted by atomic mass is 10.0. The van der Waals surface area contributed by atoms with Crippen LogP contribution in [0.5, 0.6) is 0 Å². The van der Waals surface area contributed by atoms with E-state index in [9.17, 15) is 41.3 Å². The highest BCUT2D eigenvalue weighted by Crippen LogP contribution is 2.44. The Balaban J connectivity index is 3.84. The van der Waals surface area contributed by atoms with Crippen LogP contribution in [0, 0.1) is 10.1 Å². The number of rotatable bonds is 2. The van der Waals surface area contributed by atoms with E-state index in [2.05, 4.69) is 4.74 Å². The van der Waals surface area contributed by atoms with Crippen molar-refractivity contribution in [3.63, 3.8) is 0 Å². The van der Waals surface area contributed by atoms with Gasteiger partial charge in [-0.1, -0.05) is 0 Å². The first-order valence-electron chi connectivity index (χ1n) is 4.94. The number of hydrogen-bond acceptors (Lipinski definition) is 4. The Morgan fingerprint density at radius 2 is 1.48 bits per heavy atom. The summed E-state index contributed by atoms with van der Waals surface area (Å²) >= 11 is 0.